The van der Waals surface area contributed by atoms with Gasteiger partial charge in [-0.05, 0) is 30.5 Å². The molecule has 6 heteroatoms. The molecule has 0 bridgehead atoms. The molecule has 0 saturated carbocycles. The summed E-state index contributed by atoms with van der Waals surface area (Å²) < 4.78 is 26.9. The first-order valence-corrected chi connectivity index (χ1v) is 7.21. The van der Waals surface area contributed by atoms with Gasteiger partial charge >= 0.3 is 5.97 Å². The van der Waals surface area contributed by atoms with Gasteiger partial charge in [0, 0.05) is 18.6 Å². The Balaban J connectivity index is 2.35. The molecule has 0 aliphatic carbocycles. The Labute approximate surface area is 132 Å². The number of halogens is 2. The topological polar surface area (TPSA) is 57.6 Å². The summed E-state index contributed by atoms with van der Waals surface area (Å²) in [6.45, 7) is 3.52. The second kappa shape index (κ2) is 7.17. The molecule has 23 heavy (non-hydrogen) atoms. The highest BCUT2D eigenvalue weighted by Gasteiger charge is 2.36. The fraction of sp³-hybridized carbons (Fsp3) is 0.294. The molecule has 1 aliphatic heterocycles. The van der Waals surface area contributed by atoms with E-state index in [2.05, 4.69) is 6.58 Å². The summed E-state index contributed by atoms with van der Waals surface area (Å²) in [5.41, 5.74) is 0.367. The molecule has 1 aromatic carbocycles. The van der Waals surface area contributed by atoms with Crippen LogP contribution in [0.25, 0.3) is 0 Å². The van der Waals surface area contributed by atoms with Crippen LogP contribution in [0.5, 0.6) is 0 Å². The molecule has 1 N–H and O–H groups in total. The van der Waals surface area contributed by atoms with Crippen molar-refractivity contribution in [2.75, 3.05) is 0 Å². The lowest BCUT2D eigenvalue weighted by atomic mass is 10.0. The number of benzene rings is 1. The van der Waals surface area contributed by atoms with Crippen molar-refractivity contribution in [3.05, 3.63) is 60.2 Å². The third-order valence-corrected chi connectivity index (χ3v) is 3.77. The summed E-state index contributed by atoms with van der Waals surface area (Å²) in [5, 5.41) is 8.75. The summed E-state index contributed by atoms with van der Waals surface area (Å²) in [7, 11) is 0. The number of hydrogen-bond acceptors (Lipinski definition) is 2. The van der Waals surface area contributed by atoms with Crippen molar-refractivity contribution in [3.8, 4) is 0 Å². The molecule has 0 radical (unpaired) electrons. The number of carbonyl (C=O) groups excluding carboxylic acids is 1. The number of likely N-dealkylation sites (tertiary alicyclic amines) is 1. The van der Waals surface area contributed by atoms with E-state index < -0.39 is 29.7 Å². The molecule has 1 aromatic rings. The van der Waals surface area contributed by atoms with E-state index in [9.17, 15) is 18.4 Å². The van der Waals surface area contributed by atoms with Crippen LogP contribution in [0.4, 0.5) is 8.78 Å². The average Bonchev–Trinajstić information content (AvgIpc) is 2.88. The fourth-order valence-electron chi connectivity index (χ4n) is 2.90. The van der Waals surface area contributed by atoms with Gasteiger partial charge in [-0.25, -0.2) is 13.6 Å². The van der Waals surface area contributed by atoms with E-state index in [1.165, 1.54) is 29.2 Å². The van der Waals surface area contributed by atoms with E-state index in [-0.39, 0.29) is 12.3 Å². The van der Waals surface area contributed by atoms with Gasteiger partial charge < -0.3 is 10.0 Å². The summed E-state index contributed by atoms with van der Waals surface area (Å²) in [5.74, 6) is -2.78. The van der Waals surface area contributed by atoms with Crippen LogP contribution in [0.2, 0.25) is 0 Å². The van der Waals surface area contributed by atoms with Gasteiger partial charge in [-0.1, -0.05) is 12.2 Å². The van der Waals surface area contributed by atoms with E-state index in [1.54, 1.807) is 0 Å². The Bertz CT molecular complexity index is 637. The largest absolute Gasteiger partial charge is 0.478 e. The van der Waals surface area contributed by atoms with Crippen LogP contribution in [0, 0.1) is 11.6 Å². The van der Waals surface area contributed by atoms with Crippen molar-refractivity contribution in [2.45, 2.75) is 31.3 Å². The van der Waals surface area contributed by atoms with Crippen molar-refractivity contribution < 1.29 is 23.5 Å². The Kier molecular flexibility index (Phi) is 5.26. The lowest BCUT2D eigenvalue weighted by molar-refractivity contribution is -0.133. The van der Waals surface area contributed by atoms with Gasteiger partial charge in [-0.2, -0.15) is 0 Å². The molecule has 1 fully saturated rings. The second-order valence-corrected chi connectivity index (χ2v) is 5.35. The molecule has 2 rings (SSSR count). The zero-order valence-corrected chi connectivity index (χ0v) is 12.4. The van der Waals surface area contributed by atoms with Gasteiger partial charge in [0.2, 0.25) is 5.91 Å². The van der Waals surface area contributed by atoms with Crippen molar-refractivity contribution in [3.63, 3.8) is 0 Å². The van der Waals surface area contributed by atoms with E-state index in [4.69, 9.17) is 5.11 Å². The molecule has 1 heterocycles. The Morgan fingerprint density at radius 3 is 2.48 bits per heavy atom. The summed E-state index contributed by atoms with van der Waals surface area (Å²) >= 11 is 0. The number of carboxylic acids is 1. The molecule has 0 aromatic heterocycles. The SMILES string of the molecule is C=CCC(=O)N1[C@@H](/C=C/C(=O)O)CC[C@H]1c1cc(F)cc(F)c1. The maximum atomic E-state index is 13.5. The van der Waals surface area contributed by atoms with Gasteiger partial charge in [0.25, 0.3) is 0 Å². The molecule has 0 unspecified atom stereocenters. The minimum Gasteiger partial charge on any atom is -0.478 e. The lowest BCUT2D eigenvalue weighted by Gasteiger charge is -2.29. The van der Waals surface area contributed by atoms with Gasteiger partial charge in [0.15, 0.2) is 0 Å². The monoisotopic (exact) mass is 321 g/mol. The lowest BCUT2D eigenvalue weighted by Crippen LogP contribution is -2.36. The van der Waals surface area contributed by atoms with Crippen LogP contribution < -0.4 is 0 Å². The first kappa shape index (κ1) is 16.9. The fourth-order valence-corrected chi connectivity index (χ4v) is 2.90. The number of nitrogens with zero attached hydrogens (tertiary/aromatic N) is 1. The molecule has 1 saturated heterocycles. The van der Waals surface area contributed by atoms with Crippen LogP contribution in [-0.2, 0) is 9.59 Å². The van der Waals surface area contributed by atoms with Crippen LogP contribution in [0.3, 0.4) is 0 Å². The highest BCUT2D eigenvalue weighted by molar-refractivity contribution is 5.81. The summed E-state index contributed by atoms with van der Waals surface area (Å²) in [4.78, 5) is 24.5. The standard InChI is InChI=1S/C17H17F2NO3/c1-2-3-16(21)20-14(5-7-17(22)23)4-6-15(20)11-8-12(18)10-13(19)9-11/h2,5,7-10,14-15H,1,3-4,6H2,(H,22,23)/b7-5+/t14-,15+/m1/s1. The van der Waals surface area contributed by atoms with Crippen LogP contribution in [0.1, 0.15) is 30.9 Å². The highest BCUT2D eigenvalue weighted by Crippen LogP contribution is 2.37. The molecular formula is C17H17F2NO3. The number of rotatable bonds is 5. The predicted octanol–water partition coefficient (Wildman–Crippen LogP) is 3.21. The summed E-state index contributed by atoms with van der Waals surface area (Å²) in [6.07, 6.45) is 4.95. The molecule has 0 spiro atoms. The highest BCUT2D eigenvalue weighted by atomic mass is 19.1. The van der Waals surface area contributed by atoms with Gasteiger partial charge in [0.1, 0.15) is 11.6 Å². The average molecular weight is 321 g/mol. The molecular weight excluding hydrogens is 304 g/mol. The molecule has 4 nitrogen and oxygen atoms in total. The number of amides is 1. The van der Waals surface area contributed by atoms with Gasteiger partial charge in [-0.3, -0.25) is 4.79 Å². The molecule has 1 aliphatic rings. The smallest absolute Gasteiger partial charge is 0.328 e. The first-order valence-electron chi connectivity index (χ1n) is 7.21. The van der Waals surface area contributed by atoms with Crippen molar-refractivity contribution in [2.24, 2.45) is 0 Å². The van der Waals surface area contributed by atoms with Gasteiger partial charge in [-0.15, -0.1) is 6.58 Å². The number of carboxylic acid groups (broad SMARTS) is 1. The van der Waals surface area contributed by atoms with E-state index in [0.717, 1.165) is 12.1 Å². The zero-order valence-electron chi connectivity index (χ0n) is 12.4. The Morgan fingerprint density at radius 1 is 1.26 bits per heavy atom. The molecule has 2 atom stereocenters. The summed E-state index contributed by atoms with van der Waals surface area (Å²) in [6, 6.07) is 2.26. The molecule has 122 valence electrons. The third-order valence-electron chi connectivity index (χ3n) is 3.77. The second-order valence-electron chi connectivity index (χ2n) is 5.35. The minimum absolute atomic E-state index is 0.0751. The van der Waals surface area contributed by atoms with Crippen LogP contribution in [-0.4, -0.2) is 27.9 Å². The van der Waals surface area contributed by atoms with Crippen LogP contribution >= 0.6 is 0 Å². The van der Waals surface area contributed by atoms with E-state index in [0.29, 0.717) is 18.4 Å². The number of aliphatic carboxylic acids is 1. The van der Waals surface area contributed by atoms with Crippen molar-refractivity contribution >= 4 is 11.9 Å². The minimum atomic E-state index is -1.11. The Hall–Kier alpha value is -2.50. The predicted molar refractivity (Wildman–Crippen MR) is 80.6 cm³/mol. The third kappa shape index (κ3) is 4.03. The normalized spacial score (nSPS) is 20.9. The zero-order chi connectivity index (χ0) is 17.0. The van der Waals surface area contributed by atoms with Crippen LogP contribution in [0.15, 0.2) is 43.0 Å². The Morgan fingerprint density at radius 2 is 1.91 bits per heavy atom. The molecule has 1 amide bonds. The van der Waals surface area contributed by atoms with Gasteiger partial charge in [0.05, 0.1) is 12.1 Å². The number of carbonyl (C=O) groups is 2. The van der Waals surface area contributed by atoms with Crippen molar-refractivity contribution in [1.29, 1.82) is 0 Å². The van der Waals surface area contributed by atoms with E-state index >= 15 is 0 Å². The quantitative estimate of drug-likeness (QED) is 0.669. The first-order chi connectivity index (χ1) is 10.9. The maximum absolute atomic E-state index is 13.5. The van der Waals surface area contributed by atoms with Crippen molar-refractivity contribution in [1.82, 2.24) is 4.90 Å². The maximum Gasteiger partial charge on any atom is 0.328 e. The van der Waals surface area contributed by atoms with E-state index in [1.807, 2.05) is 0 Å². The number of hydrogen-bond donors (Lipinski definition) is 1.